The van der Waals surface area contributed by atoms with Gasteiger partial charge >= 0.3 is 0 Å². The number of rotatable bonds is 4. The van der Waals surface area contributed by atoms with Crippen molar-refractivity contribution in [3.05, 3.63) is 25.3 Å². The number of hydrogen-bond acceptors (Lipinski definition) is 0. The maximum atomic E-state index is 3.80. The van der Waals surface area contributed by atoms with Gasteiger partial charge in [0.1, 0.15) is 0 Å². The Morgan fingerprint density at radius 1 is 1.00 bits per heavy atom. The van der Waals surface area contributed by atoms with Crippen molar-refractivity contribution in [2.24, 2.45) is 0 Å². The van der Waals surface area contributed by atoms with E-state index < -0.39 is 0 Å². The largest absolute Gasteiger partial charge is 0.412 e. The van der Waals surface area contributed by atoms with Crippen molar-refractivity contribution in [2.45, 2.75) is 12.8 Å². The summed E-state index contributed by atoms with van der Waals surface area (Å²) in [5.74, 6) is 0. The molecule has 0 aromatic rings. The summed E-state index contributed by atoms with van der Waals surface area (Å²) in [4.78, 5) is 0. The highest BCUT2D eigenvalue weighted by Crippen LogP contribution is 2.18. The van der Waals surface area contributed by atoms with Crippen LogP contribution in [0.1, 0.15) is 12.8 Å². The van der Waals surface area contributed by atoms with Gasteiger partial charge in [-0.3, -0.25) is 0 Å². The van der Waals surface area contributed by atoms with Gasteiger partial charge in [0.05, 0.1) is 26.2 Å². The predicted octanol–water partition coefficient (Wildman–Crippen LogP) is 1.14. The highest BCUT2D eigenvalue weighted by Gasteiger charge is 2.28. The van der Waals surface area contributed by atoms with Gasteiger partial charge in [-0.2, -0.15) is 0 Å². The van der Waals surface area contributed by atoms with Crippen molar-refractivity contribution in [2.75, 3.05) is 26.2 Å². The molecule has 0 aromatic carbocycles. The molecule has 1 fully saturated rings. The Kier molecular flexibility index (Phi) is 4.86. The minimum atomic E-state index is 0. The standard InChI is InChI=1S/C10H18N.H2O/c1-3-7-11(8-4-2)9-5-6-10-11;/h3-4H,1-2,5-10H2;1H2/q+1;. The topological polar surface area (TPSA) is 31.5 Å². The van der Waals surface area contributed by atoms with Crippen LogP contribution in [0.15, 0.2) is 25.3 Å². The number of hydrogen-bond donors (Lipinski definition) is 0. The quantitative estimate of drug-likeness (QED) is 0.448. The lowest BCUT2D eigenvalue weighted by molar-refractivity contribution is -0.905. The Bertz CT molecular complexity index is 136. The molecule has 0 bridgehead atoms. The molecule has 2 nitrogen and oxygen atoms in total. The first-order valence-corrected chi connectivity index (χ1v) is 4.40. The van der Waals surface area contributed by atoms with Crippen LogP contribution in [0.2, 0.25) is 0 Å². The SMILES string of the molecule is C=CC[N+]1(CC=C)CCCC1.O. The monoisotopic (exact) mass is 170 g/mol. The Labute approximate surface area is 75.1 Å². The second-order valence-electron chi connectivity index (χ2n) is 3.44. The molecule has 0 radical (unpaired) electrons. The second kappa shape index (κ2) is 5.12. The van der Waals surface area contributed by atoms with Crippen molar-refractivity contribution in [1.82, 2.24) is 0 Å². The predicted molar refractivity (Wildman–Crippen MR) is 53.0 cm³/mol. The smallest absolute Gasteiger partial charge is 0.0973 e. The molecule has 1 saturated heterocycles. The first-order valence-electron chi connectivity index (χ1n) is 4.40. The fourth-order valence-corrected chi connectivity index (χ4v) is 1.99. The average molecular weight is 170 g/mol. The molecule has 0 spiro atoms. The number of likely N-dealkylation sites (tertiary alicyclic amines) is 1. The van der Waals surface area contributed by atoms with Crippen molar-refractivity contribution in [3.8, 4) is 0 Å². The molecule has 0 aliphatic carbocycles. The molecule has 2 N–H and O–H groups in total. The Hall–Kier alpha value is -0.600. The third-order valence-electron chi connectivity index (χ3n) is 2.55. The van der Waals surface area contributed by atoms with Crippen molar-refractivity contribution in [3.63, 3.8) is 0 Å². The van der Waals surface area contributed by atoms with E-state index >= 15 is 0 Å². The summed E-state index contributed by atoms with van der Waals surface area (Å²) < 4.78 is 1.20. The van der Waals surface area contributed by atoms with E-state index in [9.17, 15) is 0 Å². The lowest BCUT2D eigenvalue weighted by Gasteiger charge is -2.31. The normalized spacial score (nSPS) is 19.7. The lowest BCUT2D eigenvalue weighted by atomic mass is 10.3. The van der Waals surface area contributed by atoms with Gasteiger partial charge in [-0.05, 0) is 12.2 Å². The second-order valence-corrected chi connectivity index (χ2v) is 3.44. The minimum absolute atomic E-state index is 0. The maximum absolute atomic E-state index is 3.80. The van der Waals surface area contributed by atoms with E-state index in [1.165, 1.54) is 30.4 Å². The fraction of sp³-hybridized carbons (Fsp3) is 0.600. The molecule has 12 heavy (non-hydrogen) atoms. The van der Waals surface area contributed by atoms with Crippen molar-refractivity contribution in [1.29, 1.82) is 0 Å². The summed E-state index contributed by atoms with van der Waals surface area (Å²) in [5.41, 5.74) is 0. The van der Waals surface area contributed by atoms with Crippen LogP contribution in [0.25, 0.3) is 0 Å². The van der Waals surface area contributed by atoms with Gasteiger partial charge in [-0.25, -0.2) is 0 Å². The van der Waals surface area contributed by atoms with Crippen LogP contribution in [0, 0.1) is 0 Å². The van der Waals surface area contributed by atoms with E-state index in [0.29, 0.717) is 0 Å². The van der Waals surface area contributed by atoms with Gasteiger partial charge < -0.3 is 9.96 Å². The van der Waals surface area contributed by atoms with E-state index in [1.807, 2.05) is 12.2 Å². The molecule has 0 unspecified atom stereocenters. The van der Waals surface area contributed by atoms with Gasteiger partial charge in [0, 0.05) is 12.8 Å². The van der Waals surface area contributed by atoms with Gasteiger partial charge in [-0.15, -0.1) is 0 Å². The maximum Gasteiger partial charge on any atom is 0.0973 e. The Balaban J connectivity index is 0.00000121. The van der Waals surface area contributed by atoms with Crippen LogP contribution >= 0.6 is 0 Å². The van der Waals surface area contributed by atoms with Crippen LogP contribution in [0.3, 0.4) is 0 Å². The van der Waals surface area contributed by atoms with Crippen LogP contribution in [0.4, 0.5) is 0 Å². The van der Waals surface area contributed by atoms with Gasteiger partial charge in [0.25, 0.3) is 0 Å². The molecular formula is C10H20NO+. The molecule has 1 heterocycles. The molecule has 70 valence electrons. The van der Waals surface area contributed by atoms with E-state index in [0.717, 1.165) is 13.1 Å². The number of nitrogens with zero attached hydrogens (tertiary/aromatic N) is 1. The Morgan fingerprint density at radius 3 is 1.75 bits per heavy atom. The molecule has 0 atom stereocenters. The Morgan fingerprint density at radius 2 is 1.42 bits per heavy atom. The van der Waals surface area contributed by atoms with Gasteiger partial charge in [0.15, 0.2) is 0 Å². The third-order valence-corrected chi connectivity index (χ3v) is 2.55. The summed E-state index contributed by atoms with van der Waals surface area (Å²) in [7, 11) is 0. The van der Waals surface area contributed by atoms with Crippen LogP contribution < -0.4 is 0 Å². The third kappa shape index (κ3) is 2.47. The van der Waals surface area contributed by atoms with Crippen molar-refractivity contribution >= 4 is 0 Å². The zero-order valence-corrected chi connectivity index (χ0v) is 7.76. The minimum Gasteiger partial charge on any atom is -0.412 e. The first kappa shape index (κ1) is 11.4. The van der Waals surface area contributed by atoms with Crippen LogP contribution in [-0.2, 0) is 0 Å². The highest BCUT2D eigenvalue weighted by molar-refractivity contribution is 4.73. The molecule has 0 amide bonds. The summed E-state index contributed by atoms with van der Waals surface area (Å²) >= 11 is 0. The first-order chi connectivity index (χ1) is 5.33. The molecule has 0 saturated carbocycles. The molecule has 1 rings (SSSR count). The molecule has 1 aliphatic rings. The highest BCUT2D eigenvalue weighted by atomic mass is 16.0. The number of quaternary nitrogens is 1. The summed E-state index contributed by atoms with van der Waals surface area (Å²) in [6.45, 7) is 12.5. The van der Waals surface area contributed by atoms with E-state index in [1.54, 1.807) is 0 Å². The molecule has 0 aromatic heterocycles. The van der Waals surface area contributed by atoms with E-state index in [-0.39, 0.29) is 5.48 Å². The molecular weight excluding hydrogens is 150 g/mol. The zero-order chi connectivity index (χ0) is 8.16. The van der Waals surface area contributed by atoms with E-state index in [4.69, 9.17) is 0 Å². The fourth-order valence-electron chi connectivity index (χ4n) is 1.99. The molecule has 1 aliphatic heterocycles. The van der Waals surface area contributed by atoms with Crippen LogP contribution in [0.5, 0.6) is 0 Å². The average Bonchev–Trinajstić information content (AvgIpc) is 2.39. The van der Waals surface area contributed by atoms with Crippen LogP contribution in [-0.4, -0.2) is 36.1 Å². The summed E-state index contributed by atoms with van der Waals surface area (Å²) in [5, 5.41) is 0. The zero-order valence-electron chi connectivity index (χ0n) is 7.76. The van der Waals surface area contributed by atoms with Gasteiger partial charge in [0.2, 0.25) is 0 Å². The molecule has 2 heteroatoms. The summed E-state index contributed by atoms with van der Waals surface area (Å²) in [6, 6.07) is 0. The van der Waals surface area contributed by atoms with Gasteiger partial charge in [-0.1, -0.05) is 13.2 Å². The summed E-state index contributed by atoms with van der Waals surface area (Å²) in [6.07, 6.45) is 6.83. The van der Waals surface area contributed by atoms with Crippen molar-refractivity contribution < 1.29 is 9.96 Å². The van der Waals surface area contributed by atoms with E-state index in [2.05, 4.69) is 13.2 Å². The lowest BCUT2D eigenvalue weighted by Crippen LogP contribution is -2.45.